The molecule has 0 spiro atoms. The molecule has 0 aliphatic heterocycles. The molecule has 0 saturated heterocycles. The Morgan fingerprint density at radius 1 is 0.930 bits per heavy atom. The maximum atomic E-state index is 12.6. The van der Waals surface area contributed by atoms with E-state index in [-0.39, 0.29) is 22.2 Å². The van der Waals surface area contributed by atoms with Gasteiger partial charge in [0.2, 0.25) is 0 Å². The van der Waals surface area contributed by atoms with Gasteiger partial charge < -0.3 is 10.2 Å². The minimum atomic E-state index is -0.625. The monoisotopic (exact) mass is 590 g/mol. The molecule has 0 heterocycles. The van der Waals surface area contributed by atoms with Crippen molar-refractivity contribution in [2.24, 2.45) is 57.2 Å². The Labute approximate surface area is 263 Å². The third-order valence-electron chi connectivity index (χ3n) is 14.8. The molecule has 10 atom stereocenters. The zero-order valence-corrected chi connectivity index (χ0v) is 28.4. The van der Waals surface area contributed by atoms with Gasteiger partial charge in [-0.15, -0.1) is 0 Å². The molecule has 240 valence electrons. The zero-order valence-electron chi connectivity index (χ0n) is 28.4. The fraction of sp³-hybridized carbons (Fsp3) is 0.775. The van der Waals surface area contributed by atoms with Crippen molar-refractivity contribution >= 4 is 5.97 Å². The number of carboxylic acid groups (broad SMARTS) is 1. The van der Waals surface area contributed by atoms with Crippen LogP contribution in [0.25, 0.3) is 0 Å². The molecule has 0 radical (unpaired) electrons. The van der Waals surface area contributed by atoms with Crippen LogP contribution in [0.5, 0.6) is 0 Å². The van der Waals surface area contributed by atoms with E-state index in [1.807, 2.05) is 6.92 Å². The highest BCUT2D eigenvalue weighted by Gasteiger charge is 2.58. The van der Waals surface area contributed by atoms with E-state index in [0.29, 0.717) is 36.2 Å². The van der Waals surface area contributed by atoms with E-state index in [1.165, 1.54) is 42.4 Å². The number of hydrogen-bond acceptors (Lipinski definition) is 2. The summed E-state index contributed by atoms with van der Waals surface area (Å²) in [6.45, 7) is 23.6. The number of aliphatic hydroxyl groups excluding tert-OH is 1. The highest BCUT2D eigenvalue weighted by molar-refractivity contribution is 5.75. The molecule has 2 N–H and O–H groups in total. The van der Waals surface area contributed by atoms with Crippen molar-refractivity contribution in [1.29, 1.82) is 0 Å². The van der Waals surface area contributed by atoms with Crippen LogP contribution in [0.2, 0.25) is 0 Å². The topological polar surface area (TPSA) is 57.5 Å². The number of carboxylic acids is 1. The molecule has 43 heavy (non-hydrogen) atoms. The molecule has 5 aliphatic carbocycles. The van der Waals surface area contributed by atoms with Gasteiger partial charge in [0.05, 0.1) is 5.41 Å². The van der Waals surface area contributed by atoms with E-state index in [1.54, 1.807) is 5.57 Å². The van der Waals surface area contributed by atoms with E-state index >= 15 is 0 Å². The molecule has 4 saturated carbocycles. The third-order valence-corrected chi connectivity index (χ3v) is 14.8. The molecule has 3 nitrogen and oxygen atoms in total. The summed E-state index contributed by atoms with van der Waals surface area (Å²) in [6.07, 6.45) is 20.3. The zero-order chi connectivity index (χ0) is 31.4. The lowest BCUT2D eigenvalue weighted by molar-refractivity contribution is -0.164. The minimum Gasteiger partial charge on any atom is -0.481 e. The number of allylic oxidation sites excluding steroid dienone is 6. The van der Waals surface area contributed by atoms with Crippen LogP contribution in [-0.4, -0.2) is 22.8 Å². The van der Waals surface area contributed by atoms with E-state index in [0.717, 1.165) is 64.2 Å². The molecule has 0 aromatic rings. The molecule has 3 heteroatoms. The van der Waals surface area contributed by atoms with Crippen molar-refractivity contribution in [2.75, 3.05) is 6.61 Å². The molecule has 5 aliphatic rings. The average molecular weight is 591 g/mol. The predicted octanol–water partition coefficient (Wildman–Crippen LogP) is 10.3. The van der Waals surface area contributed by atoms with E-state index in [2.05, 4.69) is 59.9 Å². The first-order valence-electron chi connectivity index (χ1n) is 17.7. The lowest BCUT2D eigenvalue weighted by Gasteiger charge is -2.58. The van der Waals surface area contributed by atoms with Gasteiger partial charge in [-0.1, -0.05) is 81.2 Å². The second-order valence-corrected chi connectivity index (χ2v) is 17.0. The van der Waals surface area contributed by atoms with Crippen LogP contribution < -0.4 is 0 Å². The second kappa shape index (κ2) is 12.0. The van der Waals surface area contributed by atoms with E-state index in [4.69, 9.17) is 0 Å². The first-order chi connectivity index (χ1) is 20.2. The Morgan fingerprint density at radius 3 is 2.19 bits per heavy atom. The van der Waals surface area contributed by atoms with Crippen molar-refractivity contribution in [3.8, 4) is 0 Å². The van der Waals surface area contributed by atoms with Gasteiger partial charge in [0, 0.05) is 6.61 Å². The standard InChI is InChI=1S/C40H62O3/c1-26-12-9-13-30(27(2)14-17-32-28(3)15-18-34-37(5,25-41)20-10-21-38(32,34)6)31(26)24-33-29(4)16-19-35-39(33,7)22-11-23-40(35,8)36(42)43/h12,14,30-35,41H,3-4,9-11,13,15-25H2,1-2,5-8H3,(H,42,43)/b27-14+/t30-,31-,32+,33+,34+,35-,37+,38-,39-,40-/m1/s1. The van der Waals surface area contributed by atoms with Crippen molar-refractivity contribution in [3.63, 3.8) is 0 Å². The second-order valence-electron chi connectivity index (χ2n) is 17.0. The van der Waals surface area contributed by atoms with Crippen molar-refractivity contribution < 1.29 is 15.0 Å². The van der Waals surface area contributed by atoms with Gasteiger partial charge in [-0.2, -0.15) is 0 Å². The van der Waals surface area contributed by atoms with Crippen LogP contribution in [0.1, 0.15) is 131 Å². The van der Waals surface area contributed by atoms with Gasteiger partial charge in [0.15, 0.2) is 0 Å². The first kappa shape index (κ1) is 32.8. The number of aliphatic hydroxyl groups is 1. The fourth-order valence-corrected chi connectivity index (χ4v) is 12.1. The summed E-state index contributed by atoms with van der Waals surface area (Å²) in [4.78, 5) is 12.6. The molecule has 0 aromatic carbocycles. The lowest BCUT2D eigenvalue weighted by Crippen LogP contribution is -2.53. The van der Waals surface area contributed by atoms with E-state index in [9.17, 15) is 15.0 Å². The van der Waals surface area contributed by atoms with Crippen molar-refractivity contribution in [3.05, 3.63) is 47.6 Å². The predicted molar refractivity (Wildman–Crippen MR) is 179 cm³/mol. The summed E-state index contributed by atoms with van der Waals surface area (Å²) in [5.74, 6) is 2.07. The maximum Gasteiger partial charge on any atom is 0.309 e. The summed E-state index contributed by atoms with van der Waals surface area (Å²) in [6, 6.07) is 0. The smallest absolute Gasteiger partial charge is 0.309 e. The number of fused-ring (bicyclic) bond motifs is 2. The van der Waals surface area contributed by atoms with Crippen molar-refractivity contribution in [1.82, 2.24) is 0 Å². The van der Waals surface area contributed by atoms with Crippen LogP contribution >= 0.6 is 0 Å². The van der Waals surface area contributed by atoms with Crippen molar-refractivity contribution in [2.45, 2.75) is 131 Å². The normalized spacial score (nSPS) is 45.7. The van der Waals surface area contributed by atoms with Gasteiger partial charge >= 0.3 is 5.97 Å². The molecule has 0 aromatic heterocycles. The minimum absolute atomic E-state index is 0.00437. The average Bonchev–Trinajstić information content (AvgIpc) is 2.94. The van der Waals surface area contributed by atoms with Crippen LogP contribution in [0.3, 0.4) is 0 Å². The Balaban J connectivity index is 1.39. The van der Waals surface area contributed by atoms with Crippen LogP contribution in [0, 0.1) is 57.2 Å². The van der Waals surface area contributed by atoms with Gasteiger partial charge in [-0.3, -0.25) is 4.79 Å². The Kier molecular flexibility index (Phi) is 9.11. The van der Waals surface area contributed by atoms with Crippen LogP contribution in [-0.2, 0) is 4.79 Å². The number of hydrogen-bond donors (Lipinski definition) is 2. The number of carbonyl (C=O) groups is 1. The quantitative estimate of drug-likeness (QED) is 0.290. The van der Waals surface area contributed by atoms with Gasteiger partial charge in [-0.25, -0.2) is 0 Å². The van der Waals surface area contributed by atoms with E-state index < -0.39 is 11.4 Å². The van der Waals surface area contributed by atoms with Crippen LogP contribution in [0.4, 0.5) is 0 Å². The van der Waals surface area contributed by atoms with Crippen LogP contribution in [0.15, 0.2) is 47.6 Å². The Morgan fingerprint density at radius 2 is 1.53 bits per heavy atom. The highest BCUT2D eigenvalue weighted by Crippen LogP contribution is 2.64. The molecule has 0 amide bonds. The number of aliphatic carboxylic acids is 1. The van der Waals surface area contributed by atoms with Gasteiger partial charge in [0.1, 0.15) is 0 Å². The summed E-state index contributed by atoms with van der Waals surface area (Å²) < 4.78 is 0. The molecule has 0 bridgehead atoms. The SMILES string of the molecule is C=C1CC[C@@H]2[C@](C)(CCC[C@@]2(C)C(=O)O)[C@H]1C[C@@H]1C(C)=CCC[C@@H]1/C(C)=C/C[C@H]1C(=C)CC[C@H]2[C@](C)(CO)CCC[C@]12C. The number of rotatable bonds is 7. The molecule has 4 fully saturated rings. The van der Waals surface area contributed by atoms with Gasteiger partial charge in [-0.05, 0) is 150 Å². The van der Waals surface area contributed by atoms with Gasteiger partial charge in [0.25, 0.3) is 0 Å². The largest absolute Gasteiger partial charge is 0.481 e. The summed E-state index contributed by atoms with van der Waals surface area (Å²) in [7, 11) is 0. The Bertz CT molecular complexity index is 1180. The highest BCUT2D eigenvalue weighted by atomic mass is 16.4. The first-order valence-corrected chi connectivity index (χ1v) is 17.7. The Hall–Kier alpha value is -1.61. The molecule has 5 rings (SSSR count). The summed E-state index contributed by atoms with van der Waals surface area (Å²) >= 11 is 0. The summed E-state index contributed by atoms with van der Waals surface area (Å²) in [5, 5.41) is 20.8. The third kappa shape index (κ3) is 5.46. The molecule has 0 unspecified atom stereocenters. The maximum absolute atomic E-state index is 12.6. The molecular formula is C40H62O3. The lowest BCUT2D eigenvalue weighted by atomic mass is 9.46. The fourth-order valence-electron chi connectivity index (χ4n) is 12.1. The molecular weight excluding hydrogens is 528 g/mol. The summed E-state index contributed by atoms with van der Waals surface area (Å²) in [5.41, 5.74) is 5.49.